The van der Waals surface area contributed by atoms with Gasteiger partial charge in [0.15, 0.2) is 0 Å². The Morgan fingerprint density at radius 2 is 1.94 bits per heavy atom. The van der Waals surface area contributed by atoms with Crippen LogP contribution >= 0.6 is 11.6 Å². The van der Waals surface area contributed by atoms with Crippen molar-refractivity contribution in [2.45, 2.75) is 38.5 Å². The fraction of sp³-hybridized carbons (Fsp3) is 1.00. The summed E-state index contributed by atoms with van der Waals surface area (Å²) in [5, 5.41) is -0.556. The third-order valence-corrected chi connectivity index (χ3v) is 5.68. The van der Waals surface area contributed by atoms with Gasteiger partial charge in [0.1, 0.15) is 0 Å². The summed E-state index contributed by atoms with van der Waals surface area (Å²) in [6.07, 6.45) is 0.776. The van der Waals surface area contributed by atoms with Crippen molar-refractivity contribution >= 4 is 21.6 Å². The Bertz CT molecular complexity index is 282. The molecule has 0 N–H and O–H groups in total. The zero-order valence-corrected chi connectivity index (χ0v) is 12.0. The summed E-state index contributed by atoms with van der Waals surface area (Å²) < 4.78 is 30.7. The average molecular weight is 272 g/mol. The van der Waals surface area contributed by atoms with E-state index in [-0.39, 0.29) is 11.9 Å². The van der Waals surface area contributed by atoms with Gasteiger partial charge in [0.2, 0.25) is 10.0 Å². The van der Waals surface area contributed by atoms with Crippen LogP contribution in [-0.4, -0.2) is 50.2 Å². The van der Waals surface area contributed by atoms with E-state index in [4.69, 9.17) is 16.3 Å². The Kier molecular flexibility index (Phi) is 7.55. The Morgan fingerprint density at radius 1 is 1.38 bits per heavy atom. The maximum absolute atomic E-state index is 12.2. The molecular formula is C10H22ClNO3S. The summed E-state index contributed by atoms with van der Waals surface area (Å²) in [5.41, 5.74) is 0. The molecule has 0 aromatic heterocycles. The lowest BCUT2D eigenvalue weighted by Crippen LogP contribution is -2.45. The lowest BCUT2D eigenvalue weighted by molar-refractivity contribution is 0.167. The van der Waals surface area contributed by atoms with Crippen molar-refractivity contribution in [3.8, 4) is 0 Å². The molecule has 0 rings (SSSR count). The molecule has 2 unspecified atom stereocenters. The highest BCUT2D eigenvalue weighted by Gasteiger charge is 2.30. The minimum Gasteiger partial charge on any atom is -0.383 e. The monoisotopic (exact) mass is 271 g/mol. The Hall–Kier alpha value is 0.160. The van der Waals surface area contributed by atoms with Crippen LogP contribution in [0, 0.1) is 0 Å². The quantitative estimate of drug-likeness (QED) is 0.631. The molecule has 0 heterocycles. The Morgan fingerprint density at radius 3 is 2.31 bits per heavy atom. The van der Waals surface area contributed by atoms with Crippen LogP contribution in [0.3, 0.4) is 0 Å². The summed E-state index contributed by atoms with van der Waals surface area (Å²) in [4.78, 5) is 0. The summed E-state index contributed by atoms with van der Waals surface area (Å²) in [6.45, 7) is 6.28. The number of sulfonamides is 1. The van der Waals surface area contributed by atoms with Crippen molar-refractivity contribution in [2.24, 2.45) is 0 Å². The molecule has 16 heavy (non-hydrogen) atoms. The molecule has 0 aromatic rings. The second-order valence-corrected chi connectivity index (χ2v) is 6.48. The third kappa shape index (κ3) is 4.20. The van der Waals surface area contributed by atoms with Gasteiger partial charge >= 0.3 is 0 Å². The highest BCUT2D eigenvalue weighted by Crippen LogP contribution is 2.15. The zero-order valence-electron chi connectivity index (χ0n) is 10.4. The predicted octanol–water partition coefficient (Wildman–Crippen LogP) is 1.69. The van der Waals surface area contributed by atoms with Crippen molar-refractivity contribution in [1.29, 1.82) is 0 Å². The number of hydrogen-bond acceptors (Lipinski definition) is 3. The Balaban J connectivity index is 4.87. The van der Waals surface area contributed by atoms with Gasteiger partial charge in [0.05, 0.1) is 11.9 Å². The molecule has 6 heteroatoms. The number of ether oxygens (including phenoxy) is 1. The normalized spacial score (nSPS) is 16.4. The summed E-state index contributed by atoms with van der Waals surface area (Å²) in [6, 6.07) is -0.0224. The standard InChI is InChI=1S/C10H22ClNO3S/c1-5-9(2)12(6-7-15-4)16(13,14)10(3)8-11/h9-10H,5-8H2,1-4H3. The molecular weight excluding hydrogens is 250 g/mol. The molecule has 0 aromatic carbocycles. The SMILES string of the molecule is CCC(C)N(CCOC)S(=O)(=O)C(C)CCl. The largest absolute Gasteiger partial charge is 0.383 e. The molecule has 0 aliphatic heterocycles. The number of hydrogen-bond donors (Lipinski definition) is 0. The van der Waals surface area contributed by atoms with Gasteiger partial charge in [0.25, 0.3) is 0 Å². The summed E-state index contributed by atoms with van der Waals surface area (Å²) >= 11 is 5.63. The molecule has 4 nitrogen and oxygen atoms in total. The minimum absolute atomic E-state index is 0.0224. The smallest absolute Gasteiger partial charge is 0.218 e. The average Bonchev–Trinajstić information content (AvgIpc) is 2.27. The number of alkyl halides is 1. The van der Waals surface area contributed by atoms with Gasteiger partial charge in [-0.2, -0.15) is 4.31 Å². The van der Waals surface area contributed by atoms with Gasteiger partial charge < -0.3 is 4.74 Å². The van der Waals surface area contributed by atoms with Gasteiger partial charge in [-0.15, -0.1) is 11.6 Å². The molecule has 98 valence electrons. The van der Waals surface area contributed by atoms with Gasteiger partial charge in [-0.05, 0) is 20.3 Å². The molecule has 0 aliphatic rings. The first-order valence-electron chi connectivity index (χ1n) is 5.47. The molecule has 0 saturated heterocycles. The van der Waals surface area contributed by atoms with Crippen LogP contribution in [0.25, 0.3) is 0 Å². The first-order valence-corrected chi connectivity index (χ1v) is 7.51. The maximum atomic E-state index is 12.2. The Labute approximate surface area is 104 Å². The van der Waals surface area contributed by atoms with Crippen molar-refractivity contribution in [2.75, 3.05) is 26.1 Å². The number of nitrogens with zero attached hydrogens (tertiary/aromatic N) is 1. The van der Waals surface area contributed by atoms with E-state index in [2.05, 4.69) is 0 Å². The van der Waals surface area contributed by atoms with Crippen LogP contribution in [0.5, 0.6) is 0 Å². The van der Waals surface area contributed by atoms with Crippen LogP contribution in [0.1, 0.15) is 27.2 Å². The fourth-order valence-electron chi connectivity index (χ4n) is 1.29. The lowest BCUT2D eigenvalue weighted by Gasteiger charge is -2.29. The predicted molar refractivity (Wildman–Crippen MR) is 67.4 cm³/mol. The third-order valence-electron chi connectivity index (χ3n) is 2.65. The summed E-state index contributed by atoms with van der Waals surface area (Å²) in [5.74, 6) is 0.113. The van der Waals surface area contributed by atoms with E-state index in [0.29, 0.717) is 13.2 Å². The van der Waals surface area contributed by atoms with Crippen LogP contribution in [0.4, 0.5) is 0 Å². The number of halogens is 1. The van der Waals surface area contributed by atoms with Crippen molar-refractivity contribution in [3.63, 3.8) is 0 Å². The van der Waals surface area contributed by atoms with Crippen LogP contribution in [-0.2, 0) is 14.8 Å². The highest BCUT2D eigenvalue weighted by atomic mass is 35.5. The number of methoxy groups -OCH3 is 1. The van der Waals surface area contributed by atoms with Crippen LogP contribution < -0.4 is 0 Å². The fourth-order valence-corrected chi connectivity index (χ4v) is 3.37. The number of rotatable bonds is 8. The molecule has 0 bridgehead atoms. The molecule has 0 saturated carbocycles. The lowest BCUT2D eigenvalue weighted by atomic mass is 10.3. The van der Waals surface area contributed by atoms with Crippen molar-refractivity contribution in [1.82, 2.24) is 4.31 Å². The maximum Gasteiger partial charge on any atom is 0.218 e. The second-order valence-electron chi connectivity index (χ2n) is 3.87. The first-order chi connectivity index (χ1) is 7.41. The van der Waals surface area contributed by atoms with Gasteiger partial charge in [0, 0.05) is 25.6 Å². The minimum atomic E-state index is -3.31. The van der Waals surface area contributed by atoms with Crippen LogP contribution in [0.15, 0.2) is 0 Å². The molecule has 0 radical (unpaired) electrons. The van der Waals surface area contributed by atoms with Gasteiger partial charge in [-0.25, -0.2) is 8.42 Å². The van der Waals surface area contributed by atoms with E-state index >= 15 is 0 Å². The van der Waals surface area contributed by atoms with E-state index in [0.717, 1.165) is 6.42 Å². The van der Waals surface area contributed by atoms with E-state index in [1.54, 1.807) is 14.0 Å². The molecule has 0 spiro atoms. The highest BCUT2D eigenvalue weighted by molar-refractivity contribution is 7.89. The van der Waals surface area contributed by atoms with E-state index < -0.39 is 15.3 Å². The molecule has 0 aliphatic carbocycles. The van der Waals surface area contributed by atoms with E-state index in [1.165, 1.54) is 4.31 Å². The van der Waals surface area contributed by atoms with Crippen molar-refractivity contribution in [3.05, 3.63) is 0 Å². The van der Waals surface area contributed by atoms with Gasteiger partial charge in [-0.1, -0.05) is 6.92 Å². The van der Waals surface area contributed by atoms with Gasteiger partial charge in [-0.3, -0.25) is 0 Å². The molecule has 2 atom stereocenters. The zero-order chi connectivity index (χ0) is 12.8. The van der Waals surface area contributed by atoms with E-state index in [1.807, 2.05) is 13.8 Å². The molecule has 0 amide bonds. The summed E-state index contributed by atoms with van der Waals surface area (Å²) in [7, 11) is -1.75. The topological polar surface area (TPSA) is 46.6 Å². The second kappa shape index (κ2) is 7.48. The van der Waals surface area contributed by atoms with Crippen molar-refractivity contribution < 1.29 is 13.2 Å². The van der Waals surface area contributed by atoms with E-state index in [9.17, 15) is 8.42 Å². The first kappa shape index (κ1) is 16.2. The molecule has 0 fully saturated rings. The van der Waals surface area contributed by atoms with Crippen LogP contribution in [0.2, 0.25) is 0 Å².